The van der Waals surface area contributed by atoms with Crippen molar-refractivity contribution >= 4 is 21.0 Å². The summed E-state index contributed by atoms with van der Waals surface area (Å²) in [5.41, 5.74) is 1.00. The second-order valence-electron chi connectivity index (χ2n) is 5.38. The van der Waals surface area contributed by atoms with E-state index < -0.39 is 10.2 Å². The number of rotatable bonds is 4. The van der Waals surface area contributed by atoms with Crippen molar-refractivity contribution < 1.29 is 8.42 Å². The van der Waals surface area contributed by atoms with Crippen molar-refractivity contribution in [2.45, 2.75) is 19.4 Å². The molecule has 0 aliphatic carbocycles. The zero-order valence-corrected chi connectivity index (χ0v) is 12.9. The molecule has 1 fully saturated rings. The van der Waals surface area contributed by atoms with Gasteiger partial charge in [0.1, 0.15) is 0 Å². The maximum atomic E-state index is 12.5. The lowest BCUT2D eigenvalue weighted by atomic mass is 10.1. The number of nitrogens with zero attached hydrogens (tertiary/aromatic N) is 3. The standard InChI is InChI=1S/C15H19N3O2S/c1-17(21(19,20)18-9-2-3-10-18)12-14-6-4-5-13-11-16-8-7-15(13)14/h4-8,11H,2-3,9-10,12H2,1H3. The number of hydrogen-bond donors (Lipinski definition) is 0. The van der Waals surface area contributed by atoms with Gasteiger partial charge in [-0.05, 0) is 29.9 Å². The highest BCUT2D eigenvalue weighted by Crippen LogP contribution is 2.22. The summed E-state index contributed by atoms with van der Waals surface area (Å²) in [5.74, 6) is 0. The van der Waals surface area contributed by atoms with Gasteiger partial charge in [-0.15, -0.1) is 0 Å². The third-order valence-electron chi connectivity index (χ3n) is 3.95. The zero-order chi connectivity index (χ0) is 14.9. The van der Waals surface area contributed by atoms with E-state index in [1.165, 1.54) is 4.31 Å². The Morgan fingerprint density at radius 1 is 1.24 bits per heavy atom. The van der Waals surface area contributed by atoms with Gasteiger partial charge in [0.25, 0.3) is 10.2 Å². The third-order valence-corrected chi connectivity index (χ3v) is 5.88. The molecule has 0 bridgehead atoms. The molecule has 6 heteroatoms. The van der Waals surface area contributed by atoms with Gasteiger partial charge >= 0.3 is 0 Å². The van der Waals surface area contributed by atoms with Crippen LogP contribution in [-0.2, 0) is 16.8 Å². The van der Waals surface area contributed by atoms with Gasteiger partial charge in [0.2, 0.25) is 0 Å². The largest absolute Gasteiger partial charge is 0.282 e. The van der Waals surface area contributed by atoms with Gasteiger partial charge in [-0.3, -0.25) is 4.98 Å². The molecule has 0 amide bonds. The molecule has 0 unspecified atom stereocenters. The van der Waals surface area contributed by atoms with Crippen molar-refractivity contribution in [3.05, 3.63) is 42.2 Å². The first kappa shape index (κ1) is 14.4. The monoisotopic (exact) mass is 305 g/mol. The summed E-state index contributed by atoms with van der Waals surface area (Å²) in [4.78, 5) is 4.10. The Kier molecular flexibility index (Phi) is 3.93. The lowest BCUT2D eigenvalue weighted by molar-refractivity contribution is 0.392. The maximum absolute atomic E-state index is 12.5. The predicted octanol–water partition coefficient (Wildman–Crippen LogP) is 2.01. The van der Waals surface area contributed by atoms with Crippen LogP contribution in [0.25, 0.3) is 10.8 Å². The summed E-state index contributed by atoms with van der Waals surface area (Å²) >= 11 is 0. The van der Waals surface area contributed by atoms with Crippen molar-refractivity contribution in [3.8, 4) is 0 Å². The SMILES string of the molecule is CN(Cc1cccc2cnccc12)S(=O)(=O)N1CCCC1. The van der Waals surface area contributed by atoms with Crippen LogP contribution in [0, 0.1) is 0 Å². The topological polar surface area (TPSA) is 53.5 Å². The minimum Gasteiger partial charge on any atom is -0.264 e. The van der Waals surface area contributed by atoms with E-state index in [9.17, 15) is 8.42 Å². The van der Waals surface area contributed by atoms with E-state index >= 15 is 0 Å². The first-order chi connectivity index (χ1) is 10.1. The molecular formula is C15H19N3O2S. The lowest BCUT2D eigenvalue weighted by Crippen LogP contribution is -2.39. The van der Waals surface area contributed by atoms with E-state index in [4.69, 9.17) is 0 Å². The molecule has 0 saturated carbocycles. The van der Waals surface area contributed by atoms with Crippen LogP contribution in [-0.4, -0.2) is 42.1 Å². The van der Waals surface area contributed by atoms with Crippen molar-refractivity contribution in [1.82, 2.24) is 13.6 Å². The minimum atomic E-state index is -3.35. The van der Waals surface area contributed by atoms with Gasteiger partial charge in [0.05, 0.1) is 0 Å². The van der Waals surface area contributed by atoms with E-state index in [1.54, 1.807) is 23.7 Å². The smallest absolute Gasteiger partial charge is 0.264 e. The summed E-state index contributed by atoms with van der Waals surface area (Å²) in [6.07, 6.45) is 5.44. The Morgan fingerprint density at radius 2 is 2.00 bits per heavy atom. The van der Waals surface area contributed by atoms with E-state index in [0.717, 1.165) is 29.2 Å². The predicted molar refractivity (Wildman–Crippen MR) is 82.9 cm³/mol. The molecule has 0 N–H and O–H groups in total. The van der Waals surface area contributed by atoms with Gasteiger partial charge in [-0.2, -0.15) is 17.0 Å². The Morgan fingerprint density at radius 3 is 2.76 bits per heavy atom. The van der Waals surface area contributed by atoms with Gasteiger partial charge in [-0.1, -0.05) is 18.2 Å². The molecule has 0 spiro atoms. The molecule has 1 aliphatic heterocycles. The van der Waals surface area contributed by atoms with E-state index in [2.05, 4.69) is 4.98 Å². The fourth-order valence-electron chi connectivity index (χ4n) is 2.76. The molecular weight excluding hydrogens is 286 g/mol. The molecule has 1 saturated heterocycles. The molecule has 0 radical (unpaired) electrons. The van der Waals surface area contributed by atoms with Crippen LogP contribution >= 0.6 is 0 Å². The van der Waals surface area contributed by atoms with Crippen LogP contribution in [0.4, 0.5) is 0 Å². The fourth-order valence-corrected chi connectivity index (χ4v) is 4.18. The average Bonchev–Trinajstić information content (AvgIpc) is 3.02. The van der Waals surface area contributed by atoms with Crippen LogP contribution in [0.5, 0.6) is 0 Å². The second-order valence-corrected chi connectivity index (χ2v) is 7.42. The first-order valence-electron chi connectivity index (χ1n) is 7.12. The molecule has 112 valence electrons. The van der Waals surface area contributed by atoms with Gasteiger partial charge in [0.15, 0.2) is 0 Å². The number of hydrogen-bond acceptors (Lipinski definition) is 3. The number of aromatic nitrogens is 1. The number of benzene rings is 1. The van der Waals surface area contributed by atoms with Crippen molar-refractivity contribution in [1.29, 1.82) is 0 Å². The summed E-state index contributed by atoms with van der Waals surface area (Å²) in [6, 6.07) is 7.83. The highest BCUT2D eigenvalue weighted by Gasteiger charge is 2.29. The Hall–Kier alpha value is -1.50. The highest BCUT2D eigenvalue weighted by molar-refractivity contribution is 7.86. The summed E-state index contributed by atoms with van der Waals surface area (Å²) in [7, 11) is -1.71. The summed E-state index contributed by atoms with van der Waals surface area (Å²) in [5, 5.41) is 2.08. The van der Waals surface area contributed by atoms with E-state index in [1.807, 2.05) is 24.3 Å². The van der Waals surface area contributed by atoms with Gasteiger partial charge in [0, 0.05) is 44.5 Å². The molecule has 1 aromatic carbocycles. The van der Waals surface area contributed by atoms with Crippen LogP contribution in [0.1, 0.15) is 18.4 Å². The summed E-state index contributed by atoms with van der Waals surface area (Å²) < 4.78 is 28.0. The minimum absolute atomic E-state index is 0.375. The van der Waals surface area contributed by atoms with Crippen molar-refractivity contribution in [2.75, 3.05) is 20.1 Å². The Bertz CT molecular complexity index is 734. The van der Waals surface area contributed by atoms with Crippen LogP contribution in [0.3, 0.4) is 0 Å². The van der Waals surface area contributed by atoms with Crippen molar-refractivity contribution in [2.24, 2.45) is 0 Å². The fraction of sp³-hybridized carbons (Fsp3) is 0.400. The zero-order valence-electron chi connectivity index (χ0n) is 12.1. The maximum Gasteiger partial charge on any atom is 0.282 e. The third kappa shape index (κ3) is 2.79. The molecule has 1 aliphatic rings. The van der Waals surface area contributed by atoms with Crippen molar-refractivity contribution in [3.63, 3.8) is 0 Å². The van der Waals surface area contributed by atoms with Crippen LogP contribution < -0.4 is 0 Å². The van der Waals surface area contributed by atoms with Gasteiger partial charge < -0.3 is 0 Å². The van der Waals surface area contributed by atoms with Crippen LogP contribution in [0.2, 0.25) is 0 Å². The van der Waals surface area contributed by atoms with Crippen LogP contribution in [0.15, 0.2) is 36.7 Å². The van der Waals surface area contributed by atoms with E-state index in [-0.39, 0.29) is 0 Å². The summed E-state index contributed by atoms with van der Waals surface area (Å²) in [6.45, 7) is 1.64. The van der Waals surface area contributed by atoms with Gasteiger partial charge in [-0.25, -0.2) is 0 Å². The average molecular weight is 305 g/mol. The molecule has 0 atom stereocenters. The second kappa shape index (κ2) is 5.71. The lowest BCUT2D eigenvalue weighted by Gasteiger charge is -2.24. The number of fused-ring (bicyclic) bond motifs is 1. The Balaban J connectivity index is 1.88. The molecule has 21 heavy (non-hydrogen) atoms. The quantitative estimate of drug-likeness (QED) is 0.868. The molecule has 2 heterocycles. The normalized spacial score (nSPS) is 16.9. The van der Waals surface area contributed by atoms with E-state index in [0.29, 0.717) is 19.6 Å². The highest BCUT2D eigenvalue weighted by atomic mass is 32.2. The molecule has 5 nitrogen and oxygen atoms in total. The molecule has 2 aromatic rings. The molecule has 1 aromatic heterocycles. The molecule has 3 rings (SSSR count). The Labute approximate surface area is 125 Å². The number of pyridine rings is 1. The first-order valence-corrected chi connectivity index (χ1v) is 8.52.